The fourth-order valence-corrected chi connectivity index (χ4v) is 1.07. The van der Waals surface area contributed by atoms with Crippen LogP contribution in [0.1, 0.15) is 18.9 Å². The van der Waals surface area contributed by atoms with E-state index in [1.54, 1.807) is 6.21 Å². The average molecular weight is 220 g/mol. The van der Waals surface area contributed by atoms with Crippen LogP contribution in [0.3, 0.4) is 0 Å². The van der Waals surface area contributed by atoms with Gasteiger partial charge in [0.15, 0.2) is 0 Å². The van der Waals surface area contributed by atoms with Crippen molar-refractivity contribution in [3.8, 4) is 5.75 Å². The van der Waals surface area contributed by atoms with E-state index < -0.39 is 0 Å². The Morgan fingerprint density at radius 1 is 1.44 bits per heavy atom. The molecule has 16 heavy (non-hydrogen) atoms. The van der Waals surface area contributed by atoms with Crippen LogP contribution in [0.25, 0.3) is 0 Å². The molecule has 0 atom stereocenters. The Balaban J connectivity index is 2.67. The molecule has 0 fully saturated rings. The van der Waals surface area contributed by atoms with Crippen molar-refractivity contribution in [2.24, 2.45) is 21.7 Å². The second-order valence-corrected chi connectivity index (χ2v) is 3.19. The largest absolute Gasteiger partial charge is 0.494 e. The monoisotopic (exact) mass is 220 g/mol. The molecule has 0 aliphatic carbocycles. The molecular weight excluding hydrogens is 204 g/mol. The molecule has 0 spiro atoms. The Morgan fingerprint density at radius 2 is 2.25 bits per heavy atom. The van der Waals surface area contributed by atoms with Gasteiger partial charge in [-0.25, -0.2) is 0 Å². The summed E-state index contributed by atoms with van der Waals surface area (Å²) in [5.41, 5.74) is 11.2. The predicted octanol–water partition coefficient (Wildman–Crippen LogP) is 1.08. The van der Waals surface area contributed by atoms with Crippen molar-refractivity contribution >= 4 is 12.2 Å². The van der Waals surface area contributed by atoms with Gasteiger partial charge in [-0.05, 0) is 24.1 Å². The number of benzene rings is 1. The van der Waals surface area contributed by atoms with Gasteiger partial charge in [-0.15, -0.1) is 5.10 Å². The normalized spacial score (nSPS) is 10.3. The SMILES string of the molecule is CCCOc1cccc(C=NN=C(N)N)c1. The van der Waals surface area contributed by atoms with Crippen molar-refractivity contribution in [3.63, 3.8) is 0 Å². The van der Waals surface area contributed by atoms with Gasteiger partial charge in [-0.2, -0.15) is 5.10 Å². The fraction of sp³-hybridized carbons (Fsp3) is 0.273. The van der Waals surface area contributed by atoms with Gasteiger partial charge in [-0.1, -0.05) is 19.1 Å². The average Bonchev–Trinajstić information content (AvgIpc) is 2.26. The third-order valence-corrected chi connectivity index (χ3v) is 1.71. The van der Waals surface area contributed by atoms with E-state index in [4.69, 9.17) is 16.2 Å². The summed E-state index contributed by atoms with van der Waals surface area (Å²) in [5, 5.41) is 7.23. The molecule has 1 aromatic rings. The summed E-state index contributed by atoms with van der Waals surface area (Å²) in [6, 6.07) is 7.56. The maximum absolute atomic E-state index is 5.48. The first-order valence-corrected chi connectivity index (χ1v) is 5.07. The Bertz CT molecular complexity index is 383. The van der Waals surface area contributed by atoms with Gasteiger partial charge in [0.25, 0.3) is 0 Å². The van der Waals surface area contributed by atoms with E-state index in [2.05, 4.69) is 17.1 Å². The van der Waals surface area contributed by atoms with Crippen molar-refractivity contribution < 1.29 is 4.74 Å². The summed E-state index contributed by atoms with van der Waals surface area (Å²) in [6.07, 6.45) is 2.55. The van der Waals surface area contributed by atoms with Crippen LogP contribution in [0.4, 0.5) is 0 Å². The number of nitrogens with zero attached hydrogens (tertiary/aromatic N) is 2. The van der Waals surface area contributed by atoms with Gasteiger partial charge in [0.1, 0.15) is 5.75 Å². The van der Waals surface area contributed by atoms with E-state index in [-0.39, 0.29) is 5.96 Å². The lowest BCUT2D eigenvalue weighted by Crippen LogP contribution is -2.21. The minimum Gasteiger partial charge on any atom is -0.494 e. The standard InChI is InChI=1S/C11H16N4O/c1-2-6-16-10-5-3-4-9(7-10)8-14-15-11(12)13/h3-5,7-8H,2,6H2,1H3,(H4,12,13,15). The zero-order valence-corrected chi connectivity index (χ0v) is 9.26. The molecule has 1 rings (SSSR count). The second kappa shape index (κ2) is 6.44. The van der Waals surface area contributed by atoms with Gasteiger partial charge in [0.2, 0.25) is 5.96 Å². The van der Waals surface area contributed by atoms with E-state index in [9.17, 15) is 0 Å². The van der Waals surface area contributed by atoms with Crippen LogP contribution in [-0.2, 0) is 0 Å². The quantitative estimate of drug-likeness (QED) is 0.442. The van der Waals surface area contributed by atoms with Crippen molar-refractivity contribution in [1.82, 2.24) is 0 Å². The lowest BCUT2D eigenvalue weighted by molar-refractivity contribution is 0.317. The van der Waals surface area contributed by atoms with Gasteiger partial charge < -0.3 is 16.2 Å². The number of nitrogens with two attached hydrogens (primary N) is 2. The van der Waals surface area contributed by atoms with Crippen LogP contribution in [0.2, 0.25) is 0 Å². The van der Waals surface area contributed by atoms with Crippen molar-refractivity contribution in [2.45, 2.75) is 13.3 Å². The van der Waals surface area contributed by atoms with E-state index in [1.165, 1.54) is 0 Å². The zero-order chi connectivity index (χ0) is 11.8. The number of rotatable bonds is 5. The van der Waals surface area contributed by atoms with E-state index in [0.717, 1.165) is 17.7 Å². The third-order valence-electron chi connectivity index (χ3n) is 1.71. The number of ether oxygens (including phenoxy) is 1. The molecule has 0 amide bonds. The van der Waals surface area contributed by atoms with Crippen LogP contribution >= 0.6 is 0 Å². The summed E-state index contributed by atoms with van der Waals surface area (Å²) in [4.78, 5) is 0. The molecule has 1 aromatic carbocycles. The van der Waals surface area contributed by atoms with Gasteiger partial charge in [-0.3, -0.25) is 0 Å². The molecule has 0 aromatic heterocycles. The zero-order valence-electron chi connectivity index (χ0n) is 9.26. The summed E-state index contributed by atoms with van der Waals surface area (Å²) >= 11 is 0. The maximum Gasteiger partial charge on any atom is 0.211 e. The smallest absolute Gasteiger partial charge is 0.211 e. The highest BCUT2D eigenvalue weighted by Crippen LogP contribution is 2.12. The first kappa shape index (κ1) is 12.0. The number of guanidine groups is 1. The predicted molar refractivity (Wildman–Crippen MR) is 65.6 cm³/mol. The topological polar surface area (TPSA) is 86.0 Å². The van der Waals surface area contributed by atoms with E-state index in [0.29, 0.717) is 6.61 Å². The van der Waals surface area contributed by atoms with E-state index >= 15 is 0 Å². The van der Waals surface area contributed by atoms with Crippen LogP contribution in [0.5, 0.6) is 5.75 Å². The number of hydrogen-bond acceptors (Lipinski definition) is 3. The second-order valence-electron chi connectivity index (χ2n) is 3.19. The molecule has 5 heteroatoms. The van der Waals surface area contributed by atoms with Crippen molar-refractivity contribution in [2.75, 3.05) is 6.61 Å². The molecule has 0 saturated carbocycles. The van der Waals surface area contributed by atoms with Gasteiger partial charge in [0.05, 0.1) is 12.8 Å². The Kier molecular flexibility index (Phi) is 4.85. The molecular formula is C11H16N4O. The summed E-state index contributed by atoms with van der Waals surface area (Å²) < 4.78 is 5.48. The highest BCUT2D eigenvalue weighted by Gasteiger charge is 1.93. The Morgan fingerprint density at radius 3 is 2.94 bits per heavy atom. The summed E-state index contributed by atoms with van der Waals surface area (Å²) in [6.45, 7) is 2.76. The molecule has 0 unspecified atom stereocenters. The number of hydrogen-bond donors (Lipinski definition) is 2. The molecule has 86 valence electrons. The van der Waals surface area contributed by atoms with Crippen LogP contribution in [0.15, 0.2) is 34.5 Å². The molecule has 0 heterocycles. The highest BCUT2D eigenvalue weighted by molar-refractivity contribution is 5.81. The molecule has 4 N–H and O–H groups in total. The maximum atomic E-state index is 5.48. The van der Waals surface area contributed by atoms with Crippen LogP contribution in [-0.4, -0.2) is 18.8 Å². The highest BCUT2D eigenvalue weighted by atomic mass is 16.5. The molecule has 0 bridgehead atoms. The molecule has 0 aliphatic rings. The Labute approximate surface area is 94.8 Å². The molecule has 0 saturated heterocycles. The van der Waals surface area contributed by atoms with Crippen LogP contribution in [0, 0.1) is 0 Å². The molecule has 0 aliphatic heterocycles. The molecule has 0 radical (unpaired) electrons. The van der Waals surface area contributed by atoms with Crippen molar-refractivity contribution in [3.05, 3.63) is 29.8 Å². The van der Waals surface area contributed by atoms with Gasteiger partial charge in [0, 0.05) is 0 Å². The first-order valence-electron chi connectivity index (χ1n) is 5.07. The lowest BCUT2D eigenvalue weighted by Gasteiger charge is -2.04. The summed E-state index contributed by atoms with van der Waals surface area (Å²) in [5.74, 6) is 0.755. The Hall–Kier alpha value is -2.04. The van der Waals surface area contributed by atoms with Gasteiger partial charge >= 0.3 is 0 Å². The minimum atomic E-state index is -0.0605. The fourth-order valence-electron chi connectivity index (χ4n) is 1.07. The third kappa shape index (κ3) is 4.45. The summed E-state index contributed by atoms with van der Waals surface area (Å²) in [7, 11) is 0. The van der Waals surface area contributed by atoms with Crippen molar-refractivity contribution in [1.29, 1.82) is 0 Å². The lowest BCUT2D eigenvalue weighted by atomic mass is 10.2. The van der Waals surface area contributed by atoms with E-state index in [1.807, 2.05) is 24.3 Å². The first-order chi connectivity index (χ1) is 7.72. The minimum absolute atomic E-state index is 0.0605. The van der Waals surface area contributed by atoms with Crippen LogP contribution < -0.4 is 16.2 Å². The molecule has 5 nitrogen and oxygen atoms in total.